The third kappa shape index (κ3) is 3.55. The van der Waals surface area contributed by atoms with Gasteiger partial charge in [0.05, 0.1) is 6.04 Å². The summed E-state index contributed by atoms with van der Waals surface area (Å²) >= 11 is 6.12. The molecule has 2 aliphatic heterocycles. The topological polar surface area (TPSA) is 44.4 Å². The van der Waals surface area contributed by atoms with Crippen molar-refractivity contribution in [2.45, 2.75) is 32.2 Å². The summed E-state index contributed by atoms with van der Waals surface area (Å²) in [6, 6.07) is 6.06. The first-order valence-electron chi connectivity index (χ1n) is 8.15. The standard InChI is InChI=1S/C17H24ClN3O/c1-12-4-5-14(18)9-16(12)21-8-6-13(11-21)10-20-17(22)15-3-2-7-19-15/h4-5,9,13,15,19H,2-3,6-8,10-11H2,1H3,(H,20,22)/t13?,15-/m0/s1. The van der Waals surface area contributed by atoms with E-state index in [4.69, 9.17) is 11.6 Å². The molecule has 0 spiro atoms. The van der Waals surface area contributed by atoms with Gasteiger partial charge in [-0.1, -0.05) is 17.7 Å². The smallest absolute Gasteiger partial charge is 0.237 e. The van der Waals surface area contributed by atoms with Crippen LogP contribution in [0.1, 0.15) is 24.8 Å². The number of hydrogen-bond donors (Lipinski definition) is 2. The van der Waals surface area contributed by atoms with Crippen LogP contribution in [-0.4, -0.2) is 38.1 Å². The molecule has 2 saturated heterocycles. The molecule has 0 radical (unpaired) electrons. The van der Waals surface area contributed by atoms with Crippen LogP contribution in [0.25, 0.3) is 0 Å². The van der Waals surface area contributed by atoms with Crippen LogP contribution in [0.3, 0.4) is 0 Å². The van der Waals surface area contributed by atoms with Crippen LogP contribution in [0, 0.1) is 12.8 Å². The molecule has 4 nitrogen and oxygen atoms in total. The van der Waals surface area contributed by atoms with Gasteiger partial charge in [0.25, 0.3) is 0 Å². The van der Waals surface area contributed by atoms with Crippen LogP contribution >= 0.6 is 11.6 Å². The number of benzene rings is 1. The fourth-order valence-electron chi connectivity index (χ4n) is 3.42. The summed E-state index contributed by atoms with van der Waals surface area (Å²) in [4.78, 5) is 14.4. The number of amides is 1. The summed E-state index contributed by atoms with van der Waals surface area (Å²) in [5.74, 6) is 0.679. The highest BCUT2D eigenvalue weighted by atomic mass is 35.5. The number of anilines is 1. The molecule has 1 aromatic rings. The van der Waals surface area contributed by atoms with Gasteiger partial charge in [-0.3, -0.25) is 4.79 Å². The third-order valence-electron chi connectivity index (χ3n) is 4.74. The van der Waals surface area contributed by atoms with E-state index in [1.165, 1.54) is 11.3 Å². The molecule has 2 aliphatic rings. The number of rotatable bonds is 4. The molecular formula is C17H24ClN3O. The van der Waals surface area contributed by atoms with Gasteiger partial charge in [-0.2, -0.15) is 0 Å². The zero-order chi connectivity index (χ0) is 15.5. The summed E-state index contributed by atoms with van der Waals surface area (Å²) in [5.41, 5.74) is 2.48. The highest BCUT2D eigenvalue weighted by Gasteiger charge is 2.26. The number of hydrogen-bond acceptors (Lipinski definition) is 3. The van der Waals surface area contributed by atoms with E-state index in [-0.39, 0.29) is 11.9 Å². The third-order valence-corrected chi connectivity index (χ3v) is 4.97. The number of carbonyl (C=O) groups is 1. The fourth-order valence-corrected chi connectivity index (χ4v) is 3.58. The van der Waals surface area contributed by atoms with Crippen molar-refractivity contribution >= 4 is 23.2 Å². The quantitative estimate of drug-likeness (QED) is 0.894. The molecule has 0 aromatic heterocycles. The van der Waals surface area contributed by atoms with Crippen molar-refractivity contribution < 1.29 is 4.79 Å². The molecule has 120 valence electrons. The summed E-state index contributed by atoms with van der Waals surface area (Å²) in [6.45, 7) is 5.87. The first-order chi connectivity index (χ1) is 10.6. The second-order valence-corrected chi connectivity index (χ2v) is 6.86. The summed E-state index contributed by atoms with van der Waals surface area (Å²) < 4.78 is 0. The molecule has 22 heavy (non-hydrogen) atoms. The van der Waals surface area contributed by atoms with E-state index in [0.29, 0.717) is 5.92 Å². The van der Waals surface area contributed by atoms with Gasteiger partial charge >= 0.3 is 0 Å². The predicted molar refractivity (Wildman–Crippen MR) is 90.5 cm³/mol. The summed E-state index contributed by atoms with van der Waals surface area (Å²) in [5, 5.41) is 7.14. The van der Waals surface area contributed by atoms with Gasteiger partial charge in [-0.15, -0.1) is 0 Å². The molecule has 0 saturated carbocycles. The van der Waals surface area contributed by atoms with Crippen molar-refractivity contribution in [3.63, 3.8) is 0 Å². The van der Waals surface area contributed by atoms with Gasteiger partial charge in [0.2, 0.25) is 5.91 Å². The van der Waals surface area contributed by atoms with Crippen LogP contribution in [0.15, 0.2) is 18.2 Å². The molecule has 2 heterocycles. The van der Waals surface area contributed by atoms with Crippen molar-refractivity contribution in [2.75, 3.05) is 31.1 Å². The number of nitrogens with one attached hydrogen (secondary N) is 2. The molecular weight excluding hydrogens is 298 g/mol. The minimum atomic E-state index is 0.0210. The van der Waals surface area contributed by atoms with Crippen molar-refractivity contribution in [1.82, 2.24) is 10.6 Å². The zero-order valence-electron chi connectivity index (χ0n) is 13.1. The molecule has 1 aromatic carbocycles. The Morgan fingerprint density at radius 1 is 1.45 bits per heavy atom. The molecule has 2 N–H and O–H groups in total. The molecule has 5 heteroatoms. The van der Waals surface area contributed by atoms with Crippen LogP contribution in [0.5, 0.6) is 0 Å². The Morgan fingerprint density at radius 3 is 3.09 bits per heavy atom. The second kappa shape index (κ2) is 6.88. The zero-order valence-corrected chi connectivity index (χ0v) is 13.8. The molecule has 1 amide bonds. The first-order valence-corrected chi connectivity index (χ1v) is 8.53. The van der Waals surface area contributed by atoms with E-state index in [9.17, 15) is 4.79 Å². The molecule has 2 atom stereocenters. The van der Waals surface area contributed by atoms with Gasteiger partial charge in [0.15, 0.2) is 0 Å². The van der Waals surface area contributed by atoms with E-state index < -0.39 is 0 Å². The Kier molecular flexibility index (Phi) is 4.89. The molecule has 1 unspecified atom stereocenters. The lowest BCUT2D eigenvalue weighted by Gasteiger charge is -2.21. The first kappa shape index (κ1) is 15.6. The summed E-state index contributed by atoms with van der Waals surface area (Å²) in [7, 11) is 0. The Balaban J connectivity index is 1.51. The van der Waals surface area contributed by atoms with Gasteiger partial charge in [-0.05, 0) is 56.3 Å². The largest absolute Gasteiger partial charge is 0.371 e. The fraction of sp³-hybridized carbons (Fsp3) is 0.588. The average Bonchev–Trinajstić information content (AvgIpc) is 3.18. The molecule has 0 aliphatic carbocycles. The highest BCUT2D eigenvalue weighted by molar-refractivity contribution is 6.30. The van der Waals surface area contributed by atoms with E-state index in [2.05, 4.69) is 28.5 Å². The van der Waals surface area contributed by atoms with Crippen molar-refractivity contribution in [2.24, 2.45) is 5.92 Å². The van der Waals surface area contributed by atoms with Gasteiger partial charge < -0.3 is 15.5 Å². The lowest BCUT2D eigenvalue weighted by atomic mass is 10.1. The Morgan fingerprint density at radius 2 is 2.32 bits per heavy atom. The molecule has 3 rings (SSSR count). The van der Waals surface area contributed by atoms with Crippen molar-refractivity contribution in [3.8, 4) is 0 Å². The Bertz CT molecular complexity index is 543. The van der Waals surface area contributed by atoms with Gasteiger partial charge in [-0.25, -0.2) is 0 Å². The van der Waals surface area contributed by atoms with E-state index in [1.807, 2.05) is 12.1 Å². The highest BCUT2D eigenvalue weighted by Crippen LogP contribution is 2.29. The monoisotopic (exact) mass is 321 g/mol. The lowest BCUT2D eigenvalue weighted by Crippen LogP contribution is -2.42. The lowest BCUT2D eigenvalue weighted by molar-refractivity contribution is -0.122. The van der Waals surface area contributed by atoms with Crippen LogP contribution < -0.4 is 15.5 Å². The number of carbonyl (C=O) groups excluding carboxylic acids is 1. The molecule has 2 fully saturated rings. The number of halogens is 1. The summed E-state index contributed by atoms with van der Waals surface area (Å²) in [6.07, 6.45) is 3.18. The van der Waals surface area contributed by atoms with E-state index in [0.717, 1.165) is 50.5 Å². The minimum Gasteiger partial charge on any atom is -0.371 e. The maximum atomic E-state index is 12.0. The number of nitrogens with zero attached hydrogens (tertiary/aromatic N) is 1. The van der Waals surface area contributed by atoms with Gasteiger partial charge in [0, 0.05) is 30.3 Å². The maximum Gasteiger partial charge on any atom is 0.237 e. The average molecular weight is 322 g/mol. The minimum absolute atomic E-state index is 0.0210. The second-order valence-electron chi connectivity index (χ2n) is 6.43. The predicted octanol–water partition coefficient (Wildman–Crippen LogP) is 2.34. The normalized spacial score (nSPS) is 24.7. The number of aryl methyl sites for hydroxylation is 1. The Labute approximate surface area is 137 Å². The van der Waals surface area contributed by atoms with Crippen molar-refractivity contribution in [1.29, 1.82) is 0 Å². The Hall–Kier alpha value is -1.26. The van der Waals surface area contributed by atoms with Crippen LogP contribution in [-0.2, 0) is 4.79 Å². The van der Waals surface area contributed by atoms with E-state index in [1.54, 1.807) is 0 Å². The SMILES string of the molecule is Cc1ccc(Cl)cc1N1CCC(CNC(=O)[C@@H]2CCCN2)C1. The van der Waals surface area contributed by atoms with E-state index >= 15 is 0 Å². The van der Waals surface area contributed by atoms with Crippen LogP contribution in [0.2, 0.25) is 5.02 Å². The molecule has 0 bridgehead atoms. The maximum absolute atomic E-state index is 12.0. The van der Waals surface area contributed by atoms with Crippen LogP contribution in [0.4, 0.5) is 5.69 Å². The van der Waals surface area contributed by atoms with Crippen molar-refractivity contribution in [3.05, 3.63) is 28.8 Å². The van der Waals surface area contributed by atoms with Gasteiger partial charge in [0.1, 0.15) is 0 Å².